The third-order valence-electron chi connectivity index (χ3n) is 5.28. The van der Waals surface area contributed by atoms with E-state index in [0.29, 0.717) is 5.41 Å². The predicted molar refractivity (Wildman–Crippen MR) is 73.9 cm³/mol. The van der Waals surface area contributed by atoms with Crippen LogP contribution in [-0.4, -0.2) is 0 Å². The van der Waals surface area contributed by atoms with Crippen LogP contribution in [0.2, 0.25) is 0 Å². The van der Waals surface area contributed by atoms with Crippen LogP contribution in [-0.2, 0) is 0 Å². The monoisotopic (exact) mass is 236 g/mol. The number of hydrogen-bond donors (Lipinski definition) is 0. The van der Waals surface area contributed by atoms with Crippen LogP contribution in [0, 0.1) is 35.0 Å². The molecule has 4 bridgehead atoms. The fourth-order valence-electron chi connectivity index (χ4n) is 4.99. The zero-order valence-corrected chi connectivity index (χ0v) is 10.9. The molecule has 0 radical (unpaired) electrons. The first-order valence-corrected chi connectivity index (χ1v) is 7.40. The van der Waals surface area contributed by atoms with Crippen LogP contribution in [0.3, 0.4) is 0 Å². The summed E-state index contributed by atoms with van der Waals surface area (Å²) < 4.78 is 0. The highest BCUT2D eigenvalue weighted by Gasteiger charge is 2.50. The molecule has 0 N–H and O–H groups in total. The molecule has 4 aliphatic carbocycles. The average molecular weight is 236 g/mol. The van der Waals surface area contributed by atoms with Crippen molar-refractivity contribution >= 4 is 0 Å². The molecule has 0 aromatic heterocycles. The van der Waals surface area contributed by atoms with E-state index >= 15 is 0 Å². The Hall–Kier alpha value is -1.22. The Kier molecular flexibility index (Phi) is 2.31. The quantitative estimate of drug-likeness (QED) is 0.591. The number of hydrogen-bond acceptors (Lipinski definition) is 0. The van der Waals surface area contributed by atoms with Crippen LogP contribution >= 0.6 is 0 Å². The minimum atomic E-state index is 0.393. The van der Waals surface area contributed by atoms with Gasteiger partial charge in [0.2, 0.25) is 0 Å². The lowest BCUT2D eigenvalue weighted by Gasteiger charge is -2.54. The fourth-order valence-corrected chi connectivity index (χ4v) is 4.99. The third kappa shape index (κ3) is 1.77. The van der Waals surface area contributed by atoms with Crippen LogP contribution in [0.4, 0.5) is 0 Å². The van der Waals surface area contributed by atoms with E-state index in [1.165, 1.54) is 44.1 Å². The molecule has 0 nitrogen and oxygen atoms in total. The zero-order chi connectivity index (χ0) is 12.0. The maximum Gasteiger partial charge on any atom is 0.0326 e. The van der Waals surface area contributed by atoms with Gasteiger partial charge in [0.05, 0.1) is 0 Å². The standard InChI is InChI=1S/C18H20/c1-2-4-14(5-3-1)6-7-18-11-15-8-16(12-18)10-17(9-15)13-18/h1-5,15-17H,8-13H2. The maximum absolute atomic E-state index is 3.69. The molecule has 18 heavy (non-hydrogen) atoms. The van der Waals surface area contributed by atoms with Crippen molar-refractivity contribution < 1.29 is 0 Å². The van der Waals surface area contributed by atoms with Gasteiger partial charge in [0.15, 0.2) is 0 Å². The van der Waals surface area contributed by atoms with Gasteiger partial charge >= 0.3 is 0 Å². The first kappa shape index (κ1) is 10.7. The van der Waals surface area contributed by atoms with E-state index in [4.69, 9.17) is 0 Å². The van der Waals surface area contributed by atoms with E-state index in [1.807, 2.05) is 0 Å². The van der Waals surface area contributed by atoms with Crippen LogP contribution in [0.1, 0.15) is 44.1 Å². The van der Waals surface area contributed by atoms with Crippen molar-refractivity contribution in [2.75, 3.05) is 0 Å². The Morgan fingerprint density at radius 2 is 1.39 bits per heavy atom. The van der Waals surface area contributed by atoms with Gasteiger partial charge in [-0.15, -0.1) is 0 Å². The lowest BCUT2D eigenvalue weighted by Crippen LogP contribution is -2.45. The van der Waals surface area contributed by atoms with Crippen molar-refractivity contribution in [3.63, 3.8) is 0 Å². The van der Waals surface area contributed by atoms with Gasteiger partial charge in [-0.2, -0.15) is 0 Å². The Morgan fingerprint density at radius 3 is 1.94 bits per heavy atom. The Bertz CT molecular complexity index is 465. The number of rotatable bonds is 0. The lowest BCUT2D eigenvalue weighted by molar-refractivity contribution is -0.0181. The van der Waals surface area contributed by atoms with Crippen molar-refractivity contribution in [1.29, 1.82) is 0 Å². The largest absolute Gasteiger partial charge is 0.0911 e. The van der Waals surface area contributed by atoms with Crippen LogP contribution in [0.25, 0.3) is 0 Å². The molecule has 92 valence electrons. The molecular formula is C18H20. The van der Waals surface area contributed by atoms with Gasteiger partial charge in [0.1, 0.15) is 0 Å². The highest BCUT2D eigenvalue weighted by atomic mass is 14.5. The molecule has 0 aliphatic heterocycles. The SMILES string of the molecule is C(#CC12CC3CC(CC(C3)C1)C2)c1ccccc1. The van der Waals surface area contributed by atoms with Gasteiger partial charge < -0.3 is 0 Å². The third-order valence-corrected chi connectivity index (χ3v) is 5.28. The van der Waals surface area contributed by atoms with E-state index in [9.17, 15) is 0 Å². The summed E-state index contributed by atoms with van der Waals surface area (Å²) >= 11 is 0. The average Bonchev–Trinajstić information content (AvgIpc) is 2.36. The molecule has 1 aromatic rings. The van der Waals surface area contributed by atoms with Gasteiger partial charge in [-0.05, 0) is 68.4 Å². The van der Waals surface area contributed by atoms with Gasteiger partial charge in [-0.1, -0.05) is 30.0 Å². The summed E-state index contributed by atoms with van der Waals surface area (Å²) in [4.78, 5) is 0. The Morgan fingerprint density at radius 1 is 0.833 bits per heavy atom. The van der Waals surface area contributed by atoms with Crippen LogP contribution < -0.4 is 0 Å². The summed E-state index contributed by atoms with van der Waals surface area (Å²) in [5.74, 6) is 10.1. The van der Waals surface area contributed by atoms with Crippen LogP contribution in [0.15, 0.2) is 30.3 Å². The maximum atomic E-state index is 3.69. The van der Waals surface area contributed by atoms with Crippen molar-refractivity contribution in [3.8, 4) is 11.8 Å². The molecule has 0 heteroatoms. The van der Waals surface area contributed by atoms with E-state index in [1.54, 1.807) is 0 Å². The van der Waals surface area contributed by atoms with E-state index in [-0.39, 0.29) is 0 Å². The second-order valence-corrected chi connectivity index (χ2v) is 6.81. The lowest BCUT2D eigenvalue weighted by atomic mass is 9.50. The number of benzene rings is 1. The van der Waals surface area contributed by atoms with Gasteiger partial charge in [-0.25, -0.2) is 0 Å². The predicted octanol–water partition coefficient (Wildman–Crippen LogP) is 4.25. The topological polar surface area (TPSA) is 0 Å². The molecule has 0 heterocycles. The van der Waals surface area contributed by atoms with Crippen LogP contribution in [0.5, 0.6) is 0 Å². The second-order valence-electron chi connectivity index (χ2n) is 6.81. The van der Waals surface area contributed by atoms with Gasteiger partial charge in [-0.3, -0.25) is 0 Å². The molecule has 4 fully saturated rings. The Labute approximate surface area is 110 Å². The highest BCUT2D eigenvalue weighted by molar-refractivity contribution is 5.36. The normalized spacial score (nSPS) is 40.3. The molecule has 0 saturated heterocycles. The zero-order valence-electron chi connectivity index (χ0n) is 10.9. The summed E-state index contributed by atoms with van der Waals surface area (Å²) in [7, 11) is 0. The summed E-state index contributed by atoms with van der Waals surface area (Å²) in [5, 5.41) is 0. The molecule has 5 rings (SSSR count). The second kappa shape index (κ2) is 3.89. The molecule has 4 aliphatic rings. The highest BCUT2D eigenvalue weighted by Crippen LogP contribution is 2.59. The van der Waals surface area contributed by atoms with Crippen molar-refractivity contribution in [2.24, 2.45) is 23.2 Å². The summed E-state index contributed by atoms with van der Waals surface area (Å²) in [6.07, 6.45) is 8.68. The summed E-state index contributed by atoms with van der Waals surface area (Å²) in [6.45, 7) is 0. The van der Waals surface area contributed by atoms with E-state index in [2.05, 4.69) is 42.2 Å². The first-order valence-electron chi connectivity index (χ1n) is 7.40. The minimum Gasteiger partial charge on any atom is -0.0911 e. The fraction of sp³-hybridized carbons (Fsp3) is 0.556. The molecule has 0 atom stereocenters. The van der Waals surface area contributed by atoms with Gasteiger partial charge in [0, 0.05) is 11.0 Å². The van der Waals surface area contributed by atoms with E-state index in [0.717, 1.165) is 17.8 Å². The summed E-state index contributed by atoms with van der Waals surface area (Å²) in [6, 6.07) is 10.5. The van der Waals surface area contributed by atoms with E-state index < -0.39 is 0 Å². The van der Waals surface area contributed by atoms with Crippen molar-refractivity contribution in [3.05, 3.63) is 35.9 Å². The smallest absolute Gasteiger partial charge is 0.0326 e. The minimum absolute atomic E-state index is 0.393. The first-order chi connectivity index (χ1) is 8.81. The Balaban J connectivity index is 1.63. The van der Waals surface area contributed by atoms with Crippen molar-refractivity contribution in [2.45, 2.75) is 38.5 Å². The molecule has 1 aromatic carbocycles. The molecule has 4 saturated carbocycles. The van der Waals surface area contributed by atoms with Gasteiger partial charge in [0.25, 0.3) is 0 Å². The molecular weight excluding hydrogens is 216 g/mol. The molecule has 0 amide bonds. The van der Waals surface area contributed by atoms with Crippen molar-refractivity contribution in [1.82, 2.24) is 0 Å². The molecule has 0 unspecified atom stereocenters. The summed E-state index contributed by atoms with van der Waals surface area (Å²) in [5.41, 5.74) is 1.58. The molecule has 0 spiro atoms.